The number of hydroxylamine groups is 1. The summed E-state index contributed by atoms with van der Waals surface area (Å²) in [6.45, 7) is 5.46. The first kappa shape index (κ1) is 16.7. The standard InChI is InChI=1S/C13H15ClN2O5S/c1-7-5-13-12(6-11(7)14)15(9(3)17)8(2)16(21-10(4)18)22(13,19)20/h5-6,8H,1-4H3. The monoisotopic (exact) mass is 346 g/mol. The van der Waals surface area contributed by atoms with E-state index < -0.39 is 28.1 Å². The normalized spacial score (nSPS) is 20.4. The van der Waals surface area contributed by atoms with Crippen molar-refractivity contribution in [1.82, 2.24) is 4.47 Å². The Kier molecular flexibility index (Phi) is 4.20. The molecule has 0 aromatic heterocycles. The molecule has 7 nitrogen and oxygen atoms in total. The molecule has 1 atom stereocenters. The van der Waals surface area contributed by atoms with Gasteiger partial charge in [-0.05, 0) is 36.0 Å². The van der Waals surface area contributed by atoms with E-state index in [1.807, 2.05) is 0 Å². The summed E-state index contributed by atoms with van der Waals surface area (Å²) >= 11 is 6.05. The number of nitrogens with zero attached hydrogens (tertiary/aromatic N) is 2. The van der Waals surface area contributed by atoms with Gasteiger partial charge in [0, 0.05) is 18.9 Å². The minimum absolute atomic E-state index is 0.135. The molecule has 1 aliphatic rings. The second-order valence-electron chi connectivity index (χ2n) is 4.93. The van der Waals surface area contributed by atoms with Gasteiger partial charge in [-0.3, -0.25) is 14.5 Å². The molecule has 1 aromatic carbocycles. The largest absolute Gasteiger partial charge is 0.351 e. The van der Waals surface area contributed by atoms with Crippen LogP contribution in [0.25, 0.3) is 0 Å². The van der Waals surface area contributed by atoms with Crippen LogP contribution in [0.3, 0.4) is 0 Å². The van der Waals surface area contributed by atoms with Crippen LogP contribution in [0.4, 0.5) is 5.69 Å². The van der Waals surface area contributed by atoms with E-state index in [4.69, 9.17) is 16.4 Å². The van der Waals surface area contributed by atoms with Crippen LogP contribution in [-0.2, 0) is 24.4 Å². The van der Waals surface area contributed by atoms with Gasteiger partial charge >= 0.3 is 5.97 Å². The van der Waals surface area contributed by atoms with Crippen molar-refractivity contribution in [1.29, 1.82) is 0 Å². The first-order valence-corrected chi connectivity index (χ1v) is 8.22. The molecule has 1 heterocycles. The topological polar surface area (TPSA) is 84.0 Å². The zero-order valence-electron chi connectivity index (χ0n) is 12.5. The van der Waals surface area contributed by atoms with E-state index in [0.29, 0.717) is 15.1 Å². The van der Waals surface area contributed by atoms with Crippen LogP contribution >= 0.6 is 11.6 Å². The Balaban J connectivity index is 2.76. The number of benzene rings is 1. The van der Waals surface area contributed by atoms with Gasteiger partial charge in [-0.1, -0.05) is 11.6 Å². The molecule has 9 heteroatoms. The molecule has 0 radical (unpaired) electrons. The maximum atomic E-state index is 12.6. The number of rotatable bonds is 1. The Morgan fingerprint density at radius 2 is 1.86 bits per heavy atom. The van der Waals surface area contributed by atoms with Crippen molar-refractivity contribution in [3.05, 3.63) is 22.7 Å². The van der Waals surface area contributed by atoms with Crippen LogP contribution in [-0.4, -0.2) is 30.9 Å². The number of amides is 1. The zero-order chi connectivity index (χ0) is 16.8. The zero-order valence-corrected chi connectivity index (χ0v) is 14.0. The Hall–Kier alpha value is -1.64. The minimum atomic E-state index is -4.10. The van der Waals surface area contributed by atoms with Gasteiger partial charge in [0.2, 0.25) is 5.91 Å². The van der Waals surface area contributed by atoms with Crippen LogP contribution < -0.4 is 4.90 Å². The fraction of sp³-hybridized carbons (Fsp3) is 0.385. The van der Waals surface area contributed by atoms with Crippen LogP contribution in [0.2, 0.25) is 5.02 Å². The fourth-order valence-electron chi connectivity index (χ4n) is 2.32. The fourth-order valence-corrected chi connectivity index (χ4v) is 4.12. The number of hydrogen-bond donors (Lipinski definition) is 0. The maximum absolute atomic E-state index is 12.6. The number of carbonyl (C=O) groups is 2. The van der Waals surface area contributed by atoms with Gasteiger partial charge in [0.1, 0.15) is 11.1 Å². The number of halogens is 1. The van der Waals surface area contributed by atoms with Crippen molar-refractivity contribution in [3.63, 3.8) is 0 Å². The predicted molar refractivity (Wildman–Crippen MR) is 79.6 cm³/mol. The van der Waals surface area contributed by atoms with Crippen LogP contribution in [0.5, 0.6) is 0 Å². The Morgan fingerprint density at radius 3 is 2.36 bits per heavy atom. The molecule has 0 N–H and O–H groups in total. The lowest BCUT2D eigenvalue weighted by Crippen LogP contribution is -2.55. The lowest BCUT2D eigenvalue weighted by atomic mass is 10.2. The highest BCUT2D eigenvalue weighted by molar-refractivity contribution is 7.89. The van der Waals surface area contributed by atoms with Gasteiger partial charge in [-0.15, -0.1) is 0 Å². The SMILES string of the molecule is CC(=O)ON1C(C)N(C(C)=O)c2cc(Cl)c(C)cc2S1(=O)=O. The molecule has 1 amide bonds. The smallest absolute Gasteiger partial charge is 0.323 e. The molecule has 120 valence electrons. The molecule has 0 aliphatic carbocycles. The number of carbonyl (C=O) groups excluding carboxylic acids is 2. The highest BCUT2D eigenvalue weighted by Gasteiger charge is 2.45. The second kappa shape index (κ2) is 5.53. The number of anilines is 1. The number of aryl methyl sites for hydroxylation is 1. The summed E-state index contributed by atoms with van der Waals surface area (Å²) in [4.78, 5) is 29.0. The van der Waals surface area contributed by atoms with Crippen molar-refractivity contribution >= 4 is 39.2 Å². The maximum Gasteiger partial charge on any atom is 0.323 e. The minimum Gasteiger partial charge on any atom is -0.351 e. The molecule has 0 fully saturated rings. The molecular formula is C13H15ClN2O5S. The van der Waals surface area contributed by atoms with E-state index in [1.165, 1.54) is 30.9 Å². The molecule has 1 aromatic rings. The van der Waals surface area contributed by atoms with Crippen molar-refractivity contribution in [2.24, 2.45) is 0 Å². The van der Waals surface area contributed by atoms with E-state index in [1.54, 1.807) is 6.92 Å². The van der Waals surface area contributed by atoms with Crippen LogP contribution in [0.1, 0.15) is 26.3 Å². The Labute approximate surface area is 133 Å². The summed E-state index contributed by atoms with van der Waals surface area (Å²) in [7, 11) is -4.10. The van der Waals surface area contributed by atoms with Gasteiger partial charge in [0.15, 0.2) is 0 Å². The van der Waals surface area contributed by atoms with Gasteiger partial charge in [0.05, 0.1) is 5.69 Å². The van der Waals surface area contributed by atoms with Gasteiger partial charge in [-0.25, -0.2) is 8.42 Å². The average Bonchev–Trinajstić information content (AvgIpc) is 2.37. The van der Waals surface area contributed by atoms with E-state index in [9.17, 15) is 18.0 Å². The second-order valence-corrected chi connectivity index (χ2v) is 7.09. The van der Waals surface area contributed by atoms with Crippen molar-refractivity contribution < 1.29 is 22.8 Å². The highest BCUT2D eigenvalue weighted by atomic mass is 35.5. The third-order valence-corrected chi connectivity index (χ3v) is 5.39. The van der Waals surface area contributed by atoms with Gasteiger partial charge in [0.25, 0.3) is 10.0 Å². The number of fused-ring (bicyclic) bond motifs is 1. The summed E-state index contributed by atoms with van der Waals surface area (Å²) in [6.07, 6.45) is -1.02. The lowest BCUT2D eigenvalue weighted by Gasteiger charge is -2.39. The van der Waals surface area contributed by atoms with Crippen molar-refractivity contribution in [3.8, 4) is 0 Å². The summed E-state index contributed by atoms with van der Waals surface area (Å²) < 4.78 is 25.8. The lowest BCUT2D eigenvalue weighted by molar-refractivity contribution is -0.173. The molecule has 1 unspecified atom stereocenters. The summed E-state index contributed by atoms with van der Waals surface area (Å²) in [5.41, 5.74) is 0.698. The van der Waals surface area contributed by atoms with Crippen molar-refractivity contribution in [2.75, 3.05) is 4.90 Å². The molecule has 0 saturated carbocycles. The van der Waals surface area contributed by atoms with E-state index >= 15 is 0 Å². The molecule has 0 bridgehead atoms. The van der Waals surface area contributed by atoms with E-state index in [2.05, 4.69) is 0 Å². The highest BCUT2D eigenvalue weighted by Crippen LogP contribution is 2.39. The van der Waals surface area contributed by atoms with Crippen LogP contribution in [0, 0.1) is 6.92 Å². The third-order valence-electron chi connectivity index (χ3n) is 3.25. The number of sulfonamides is 1. The summed E-state index contributed by atoms with van der Waals surface area (Å²) in [5.74, 6) is -1.20. The van der Waals surface area contributed by atoms with Crippen molar-refractivity contribution in [2.45, 2.75) is 38.8 Å². The van der Waals surface area contributed by atoms with Crippen LogP contribution in [0.15, 0.2) is 17.0 Å². The molecule has 22 heavy (non-hydrogen) atoms. The first-order valence-electron chi connectivity index (χ1n) is 6.40. The average molecular weight is 347 g/mol. The summed E-state index contributed by atoms with van der Waals surface area (Å²) in [6, 6.07) is 2.78. The summed E-state index contributed by atoms with van der Waals surface area (Å²) in [5, 5.41) is 0.341. The molecule has 0 spiro atoms. The Morgan fingerprint density at radius 1 is 1.27 bits per heavy atom. The van der Waals surface area contributed by atoms with Gasteiger partial charge in [-0.2, -0.15) is 0 Å². The van der Waals surface area contributed by atoms with Gasteiger partial charge < -0.3 is 4.84 Å². The Bertz CT molecular complexity index is 762. The first-order chi connectivity index (χ1) is 10.1. The van der Waals surface area contributed by atoms with E-state index in [-0.39, 0.29) is 10.6 Å². The third kappa shape index (κ3) is 2.57. The quantitative estimate of drug-likeness (QED) is 0.774. The van der Waals surface area contributed by atoms with E-state index in [0.717, 1.165) is 6.92 Å². The molecule has 1 aliphatic heterocycles. The molecular weight excluding hydrogens is 332 g/mol. The molecule has 2 rings (SSSR count). The predicted octanol–water partition coefficient (Wildman–Crippen LogP) is 1.83. The number of hydrogen-bond acceptors (Lipinski definition) is 5. The molecule has 0 saturated heterocycles.